The molecule has 7 nitrogen and oxygen atoms in total. The number of rotatable bonds is 8. The zero-order chi connectivity index (χ0) is 21.6. The van der Waals surface area contributed by atoms with E-state index in [9.17, 15) is 18.0 Å². The smallest absolute Gasteiger partial charge is 0.234 e. The van der Waals surface area contributed by atoms with E-state index in [0.29, 0.717) is 13.0 Å². The van der Waals surface area contributed by atoms with Crippen molar-refractivity contribution in [3.8, 4) is 11.1 Å². The summed E-state index contributed by atoms with van der Waals surface area (Å²) in [5, 5.41) is 5.71. The first-order valence-corrected chi connectivity index (χ1v) is 11.8. The van der Waals surface area contributed by atoms with Crippen molar-refractivity contribution in [2.75, 3.05) is 37.0 Å². The van der Waals surface area contributed by atoms with Gasteiger partial charge < -0.3 is 10.6 Å². The highest BCUT2D eigenvalue weighted by Gasteiger charge is 2.29. The van der Waals surface area contributed by atoms with Crippen LogP contribution in [0.3, 0.4) is 0 Å². The Morgan fingerprint density at radius 2 is 1.73 bits per heavy atom. The molecule has 0 aromatic heterocycles. The first-order chi connectivity index (χ1) is 14.3. The number of hydrogen-bond acceptors (Lipinski definition) is 5. The molecule has 0 bridgehead atoms. The number of anilines is 1. The van der Waals surface area contributed by atoms with E-state index < -0.39 is 9.84 Å². The molecule has 0 radical (unpaired) electrons. The molecule has 0 spiro atoms. The van der Waals surface area contributed by atoms with Gasteiger partial charge in [0.15, 0.2) is 9.84 Å². The summed E-state index contributed by atoms with van der Waals surface area (Å²) in [6, 6.07) is 17.2. The second-order valence-corrected chi connectivity index (χ2v) is 9.84. The molecule has 0 saturated carbocycles. The van der Waals surface area contributed by atoms with Crippen LogP contribution >= 0.6 is 0 Å². The summed E-state index contributed by atoms with van der Waals surface area (Å²) < 4.78 is 23.0. The number of carbonyl (C=O) groups excluding carboxylic acids is 2. The van der Waals surface area contributed by atoms with Crippen LogP contribution in [0.25, 0.3) is 11.1 Å². The largest absolute Gasteiger partial charge is 0.351 e. The summed E-state index contributed by atoms with van der Waals surface area (Å²) in [6.45, 7) is 0.528. The number of para-hydroxylation sites is 1. The zero-order valence-corrected chi connectivity index (χ0v) is 17.8. The van der Waals surface area contributed by atoms with Crippen LogP contribution in [0.4, 0.5) is 5.69 Å². The third kappa shape index (κ3) is 6.40. The first kappa shape index (κ1) is 22.0. The molecule has 1 fully saturated rings. The van der Waals surface area contributed by atoms with E-state index in [1.807, 2.05) is 54.6 Å². The lowest BCUT2D eigenvalue weighted by atomic mass is 10.0. The molecule has 8 heteroatoms. The Morgan fingerprint density at radius 1 is 1.03 bits per heavy atom. The molecule has 1 aliphatic heterocycles. The summed E-state index contributed by atoms with van der Waals surface area (Å²) in [7, 11) is -1.27. The lowest BCUT2D eigenvalue weighted by molar-refractivity contribution is -0.123. The molecule has 2 aromatic rings. The normalized spacial score (nSPS) is 17.6. The maximum absolute atomic E-state index is 12.4. The summed E-state index contributed by atoms with van der Waals surface area (Å²) in [6.07, 6.45) is 0.700. The molecule has 1 aliphatic rings. The van der Waals surface area contributed by atoms with Crippen LogP contribution in [0.1, 0.15) is 12.8 Å². The predicted molar refractivity (Wildman–Crippen MR) is 118 cm³/mol. The number of hydrogen-bond donors (Lipinski definition) is 2. The van der Waals surface area contributed by atoms with Crippen molar-refractivity contribution in [2.24, 2.45) is 0 Å². The number of carbonyl (C=O) groups is 2. The van der Waals surface area contributed by atoms with Crippen molar-refractivity contribution < 1.29 is 18.0 Å². The van der Waals surface area contributed by atoms with E-state index in [1.54, 1.807) is 11.9 Å². The zero-order valence-electron chi connectivity index (χ0n) is 17.0. The van der Waals surface area contributed by atoms with E-state index in [0.717, 1.165) is 16.8 Å². The van der Waals surface area contributed by atoms with E-state index in [1.165, 1.54) is 0 Å². The monoisotopic (exact) mass is 429 g/mol. The Labute approximate surface area is 177 Å². The van der Waals surface area contributed by atoms with Crippen LogP contribution in [0.5, 0.6) is 0 Å². The fourth-order valence-corrected chi connectivity index (χ4v) is 5.15. The number of benzene rings is 2. The van der Waals surface area contributed by atoms with Crippen molar-refractivity contribution >= 4 is 27.3 Å². The quantitative estimate of drug-likeness (QED) is 0.668. The van der Waals surface area contributed by atoms with Gasteiger partial charge in [0, 0.05) is 30.3 Å². The third-order valence-electron chi connectivity index (χ3n) is 5.02. The number of amides is 2. The lowest BCUT2D eigenvalue weighted by Gasteiger charge is -2.18. The summed E-state index contributed by atoms with van der Waals surface area (Å²) in [5.74, 6) is -0.230. The molecule has 0 aliphatic carbocycles. The van der Waals surface area contributed by atoms with Gasteiger partial charge in [0.1, 0.15) is 0 Å². The van der Waals surface area contributed by atoms with Gasteiger partial charge >= 0.3 is 0 Å². The Balaban J connectivity index is 1.46. The van der Waals surface area contributed by atoms with Crippen molar-refractivity contribution in [1.29, 1.82) is 0 Å². The lowest BCUT2D eigenvalue weighted by Crippen LogP contribution is -2.42. The molecule has 2 amide bonds. The van der Waals surface area contributed by atoms with Crippen molar-refractivity contribution in [3.63, 3.8) is 0 Å². The number of nitrogens with one attached hydrogen (secondary N) is 2. The van der Waals surface area contributed by atoms with Crippen LogP contribution in [0.15, 0.2) is 54.6 Å². The van der Waals surface area contributed by atoms with Crippen molar-refractivity contribution in [1.82, 2.24) is 10.2 Å². The minimum absolute atomic E-state index is 0.00564. The van der Waals surface area contributed by atoms with Gasteiger partial charge in [-0.25, -0.2) is 8.42 Å². The van der Waals surface area contributed by atoms with Crippen LogP contribution < -0.4 is 10.6 Å². The third-order valence-corrected chi connectivity index (χ3v) is 6.79. The number of likely N-dealkylation sites (N-methyl/N-ethyl adjacent to an activating group) is 1. The summed E-state index contributed by atoms with van der Waals surface area (Å²) in [4.78, 5) is 26.3. The molecule has 3 rings (SSSR count). The second kappa shape index (κ2) is 9.86. The standard InChI is InChI=1S/C22H27N3O4S/c1-25(15-22(27)23-18-12-14-30(28,29)16-18)13-11-21(26)24-20-10-6-5-9-19(20)17-7-3-2-4-8-17/h2-10,18H,11-16H2,1H3,(H,23,27)(H,24,26). The van der Waals surface area contributed by atoms with Gasteiger partial charge in [-0.3, -0.25) is 14.5 Å². The van der Waals surface area contributed by atoms with Gasteiger partial charge in [-0.15, -0.1) is 0 Å². The van der Waals surface area contributed by atoms with Gasteiger partial charge in [-0.1, -0.05) is 48.5 Å². The first-order valence-electron chi connectivity index (χ1n) is 9.95. The highest BCUT2D eigenvalue weighted by Crippen LogP contribution is 2.27. The maximum Gasteiger partial charge on any atom is 0.234 e. The van der Waals surface area contributed by atoms with Crippen LogP contribution in [0.2, 0.25) is 0 Å². The fourth-order valence-electron chi connectivity index (χ4n) is 3.47. The van der Waals surface area contributed by atoms with Crippen molar-refractivity contribution in [2.45, 2.75) is 18.9 Å². The topological polar surface area (TPSA) is 95.6 Å². The predicted octanol–water partition coefficient (Wildman–Crippen LogP) is 1.92. The average Bonchev–Trinajstić information content (AvgIpc) is 3.05. The Kier molecular flexibility index (Phi) is 7.23. The molecular weight excluding hydrogens is 402 g/mol. The average molecular weight is 430 g/mol. The molecule has 160 valence electrons. The van der Waals surface area contributed by atoms with Crippen LogP contribution in [0, 0.1) is 0 Å². The molecule has 1 heterocycles. The van der Waals surface area contributed by atoms with E-state index in [-0.39, 0.29) is 42.3 Å². The Morgan fingerprint density at radius 3 is 2.43 bits per heavy atom. The van der Waals surface area contributed by atoms with E-state index >= 15 is 0 Å². The molecule has 30 heavy (non-hydrogen) atoms. The molecule has 1 atom stereocenters. The molecule has 1 saturated heterocycles. The molecule has 2 aromatic carbocycles. The molecule has 1 unspecified atom stereocenters. The minimum Gasteiger partial charge on any atom is -0.351 e. The summed E-state index contributed by atoms with van der Waals surface area (Å²) >= 11 is 0. The van der Waals surface area contributed by atoms with Gasteiger partial charge in [-0.05, 0) is 25.1 Å². The Hall–Kier alpha value is -2.71. The van der Waals surface area contributed by atoms with Gasteiger partial charge in [-0.2, -0.15) is 0 Å². The summed E-state index contributed by atoms with van der Waals surface area (Å²) in [5.41, 5.74) is 2.72. The SMILES string of the molecule is CN(CCC(=O)Nc1ccccc1-c1ccccc1)CC(=O)NC1CCS(=O)(=O)C1. The van der Waals surface area contributed by atoms with Crippen molar-refractivity contribution in [3.05, 3.63) is 54.6 Å². The Bertz CT molecular complexity index is 992. The van der Waals surface area contributed by atoms with Gasteiger partial charge in [0.05, 0.1) is 18.1 Å². The second-order valence-electron chi connectivity index (χ2n) is 7.62. The number of nitrogens with zero attached hydrogens (tertiary/aromatic N) is 1. The van der Waals surface area contributed by atoms with Gasteiger partial charge in [0.25, 0.3) is 0 Å². The van der Waals surface area contributed by atoms with Crippen LogP contribution in [-0.4, -0.2) is 62.8 Å². The highest BCUT2D eigenvalue weighted by molar-refractivity contribution is 7.91. The maximum atomic E-state index is 12.4. The highest BCUT2D eigenvalue weighted by atomic mass is 32.2. The molecular formula is C22H27N3O4S. The van der Waals surface area contributed by atoms with E-state index in [2.05, 4.69) is 10.6 Å². The van der Waals surface area contributed by atoms with E-state index in [4.69, 9.17) is 0 Å². The molecule has 2 N–H and O–H groups in total. The minimum atomic E-state index is -3.03. The van der Waals surface area contributed by atoms with Crippen LogP contribution in [-0.2, 0) is 19.4 Å². The van der Waals surface area contributed by atoms with Gasteiger partial charge in [0.2, 0.25) is 11.8 Å². The fraction of sp³-hybridized carbons (Fsp3) is 0.364. The number of sulfone groups is 1.